The average molecular weight is 227 g/mol. The Kier molecular flexibility index (Phi) is 2.44. The molecule has 1 unspecified atom stereocenters. The number of ether oxygens (including phenoxy) is 1. The van der Waals surface area contributed by atoms with Crippen LogP contribution in [0.2, 0.25) is 0 Å². The Balaban J connectivity index is 2.59. The van der Waals surface area contributed by atoms with Gasteiger partial charge in [0.15, 0.2) is 9.84 Å². The molecule has 0 amide bonds. The topological polar surface area (TPSA) is 55.4 Å². The summed E-state index contributed by atoms with van der Waals surface area (Å²) >= 11 is 0. The van der Waals surface area contributed by atoms with E-state index in [1.54, 1.807) is 32.4 Å². The second kappa shape index (κ2) is 3.50. The first-order valence-electron chi connectivity index (χ1n) is 4.66. The molecule has 1 atom stereocenters. The molecule has 1 aromatic carbocycles. The third kappa shape index (κ3) is 1.61. The van der Waals surface area contributed by atoms with Gasteiger partial charge < -0.3 is 10.1 Å². The fourth-order valence-electron chi connectivity index (χ4n) is 1.85. The molecule has 0 bridgehead atoms. The Morgan fingerprint density at radius 1 is 1.47 bits per heavy atom. The molecule has 0 saturated carbocycles. The lowest BCUT2D eigenvalue weighted by Gasteiger charge is -2.08. The first-order chi connectivity index (χ1) is 7.08. The lowest BCUT2D eigenvalue weighted by Crippen LogP contribution is -2.17. The zero-order valence-electron chi connectivity index (χ0n) is 8.65. The summed E-state index contributed by atoms with van der Waals surface area (Å²) in [6.07, 6.45) is 0. The number of hydrogen-bond acceptors (Lipinski definition) is 4. The van der Waals surface area contributed by atoms with Crippen LogP contribution in [-0.4, -0.2) is 28.3 Å². The van der Waals surface area contributed by atoms with Crippen LogP contribution in [0.1, 0.15) is 11.6 Å². The Labute approximate surface area is 89.2 Å². The molecule has 1 aliphatic heterocycles. The van der Waals surface area contributed by atoms with Gasteiger partial charge in [0.1, 0.15) is 5.75 Å². The summed E-state index contributed by atoms with van der Waals surface area (Å²) in [4.78, 5) is 0.419. The summed E-state index contributed by atoms with van der Waals surface area (Å²) in [5.74, 6) is 0.817. The highest BCUT2D eigenvalue weighted by Gasteiger charge is 2.33. The van der Waals surface area contributed by atoms with Crippen LogP contribution in [0.25, 0.3) is 0 Å². The number of methoxy groups -OCH3 is 1. The number of hydrogen-bond donors (Lipinski definition) is 1. The smallest absolute Gasteiger partial charge is 0.180 e. The molecule has 15 heavy (non-hydrogen) atoms. The molecule has 82 valence electrons. The molecular formula is C10H13NO3S. The molecule has 0 saturated heterocycles. The zero-order chi connectivity index (χ0) is 11.1. The van der Waals surface area contributed by atoms with E-state index >= 15 is 0 Å². The highest BCUT2D eigenvalue weighted by atomic mass is 32.2. The summed E-state index contributed by atoms with van der Waals surface area (Å²) in [7, 11) is 0.218. The monoisotopic (exact) mass is 227 g/mol. The molecular weight excluding hydrogens is 214 g/mol. The normalized spacial score (nSPS) is 22.4. The molecule has 0 aromatic heterocycles. The summed E-state index contributed by atoms with van der Waals surface area (Å²) in [5.41, 5.74) is 0.803. The first kappa shape index (κ1) is 10.4. The third-order valence-corrected chi connectivity index (χ3v) is 4.48. The molecule has 0 radical (unpaired) electrons. The fourth-order valence-corrected chi connectivity index (χ4v) is 3.65. The number of benzene rings is 1. The van der Waals surface area contributed by atoms with Crippen LogP contribution < -0.4 is 10.1 Å². The van der Waals surface area contributed by atoms with Crippen LogP contribution in [0.3, 0.4) is 0 Å². The van der Waals surface area contributed by atoms with E-state index in [1.165, 1.54) is 0 Å². The van der Waals surface area contributed by atoms with E-state index in [0.29, 0.717) is 10.6 Å². The van der Waals surface area contributed by atoms with Gasteiger partial charge in [0.2, 0.25) is 0 Å². The van der Waals surface area contributed by atoms with Gasteiger partial charge in [-0.05, 0) is 30.8 Å². The van der Waals surface area contributed by atoms with Crippen LogP contribution in [0.15, 0.2) is 23.1 Å². The maximum Gasteiger partial charge on any atom is 0.180 e. The van der Waals surface area contributed by atoms with Crippen LogP contribution in [0, 0.1) is 0 Å². The molecule has 2 rings (SSSR count). The second-order valence-corrected chi connectivity index (χ2v) is 5.53. The Morgan fingerprint density at radius 2 is 2.20 bits per heavy atom. The van der Waals surface area contributed by atoms with Crippen LogP contribution >= 0.6 is 0 Å². The maximum atomic E-state index is 11.7. The van der Waals surface area contributed by atoms with Crippen molar-refractivity contribution in [3.05, 3.63) is 23.8 Å². The zero-order valence-corrected chi connectivity index (χ0v) is 9.47. The highest BCUT2D eigenvalue weighted by molar-refractivity contribution is 7.91. The van der Waals surface area contributed by atoms with Crippen molar-refractivity contribution < 1.29 is 13.2 Å². The Bertz CT molecular complexity index is 481. The van der Waals surface area contributed by atoms with E-state index in [-0.39, 0.29) is 11.8 Å². The minimum Gasteiger partial charge on any atom is -0.497 e. The Morgan fingerprint density at radius 3 is 2.80 bits per heavy atom. The van der Waals surface area contributed by atoms with Crippen molar-refractivity contribution in [2.24, 2.45) is 0 Å². The van der Waals surface area contributed by atoms with E-state index in [0.717, 1.165) is 5.56 Å². The average Bonchev–Trinajstić information content (AvgIpc) is 2.50. The molecule has 1 N–H and O–H groups in total. The lowest BCUT2D eigenvalue weighted by atomic mass is 10.1. The minimum atomic E-state index is -3.11. The van der Waals surface area contributed by atoms with Crippen molar-refractivity contribution in [1.82, 2.24) is 5.32 Å². The fraction of sp³-hybridized carbons (Fsp3) is 0.400. The number of rotatable bonds is 2. The van der Waals surface area contributed by atoms with Crippen molar-refractivity contribution in [3.63, 3.8) is 0 Å². The van der Waals surface area contributed by atoms with Crippen molar-refractivity contribution >= 4 is 9.84 Å². The maximum absolute atomic E-state index is 11.7. The number of sulfone groups is 1. The van der Waals surface area contributed by atoms with Gasteiger partial charge in [-0.25, -0.2) is 8.42 Å². The van der Waals surface area contributed by atoms with E-state index in [4.69, 9.17) is 4.74 Å². The molecule has 5 heteroatoms. The molecule has 1 aromatic rings. The standard InChI is InChI=1S/C10H13NO3S/c1-11-9-6-15(12,13)10-4-3-7(14-2)5-8(9)10/h3-5,9,11H,6H2,1-2H3. The lowest BCUT2D eigenvalue weighted by molar-refractivity contribution is 0.413. The number of fused-ring (bicyclic) bond motifs is 1. The summed E-state index contributed by atoms with van der Waals surface area (Å²) in [5, 5.41) is 2.99. The molecule has 1 aliphatic rings. The molecule has 1 heterocycles. The predicted molar refractivity (Wildman–Crippen MR) is 56.8 cm³/mol. The van der Waals surface area contributed by atoms with Gasteiger partial charge >= 0.3 is 0 Å². The first-order valence-corrected chi connectivity index (χ1v) is 6.31. The quantitative estimate of drug-likeness (QED) is 0.809. The van der Waals surface area contributed by atoms with Crippen molar-refractivity contribution in [2.45, 2.75) is 10.9 Å². The molecule has 0 fully saturated rings. The predicted octanol–water partition coefficient (Wildman–Crippen LogP) is 0.743. The SMILES string of the molecule is CNC1CS(=O)(=O)c2ccc(OC)cc21. The van der Waals surface area contributed by atoms with Gasteiger partial charge in [0, 0.05) is 6.04 Å². The van der Waals surface area contributed by atoms with Crippen LogP contribution in [0.4, 0.5) is 0 Å². The van der Waals surface area contributed by atoms with Crippen molar-refractivity contribution in [3.8, 4) is 5.75 Å². The van der Waals surface area contributed by atoms with E-state index < -0.39 is 9.84 Å². The van der Waals surface area contributed by atoms with Gasteiger partial charge in [-0.15, -0.1) is 0 Å². The largest absolute Gasteiger partial charge is 0.497 e. The summed E-state index contributed by atoms with van der Waals surface area (Å²) in [6.45, 7) is 0. The van der Waals surface area contributed by atoms with Gasteiger partial charge in [-0.3, -0.25) is 0 Å². The van der Waals surface area contributed by atoms with Gasteiger partial charge in [-0.1, -0.05) is 0 Å². The molecule has 4 nitrogen and oxygen atoms in total. The van der Waals surface area contributed by atoms with Crippen molar-refractivity contribution in [1.29, 1.82) is 0 Å². The molecule has 0 spiro atoms. The summed E-state index contributed by atoms with van der Waals surface area (Å²) < 4.78 is 28.6. The highest BCUT2D eigenvalue weighted by Crippen LogP contribution is 2.35. The van der Waals surface area contributed by atoms with Gasteiger partial charge in [0.05, 0.1) is 17.8 Å². The van der Waals surface area contributed by atoms with Crippen LogP contribution in [-0.2, 0) is 9.84 Å². The van der Waals surface area contributed by atoms with Gasteiger partial charge in [-0.2, -0.15) is 0 Å². The van der Waals surface area contributed by atoms with Gasteiger partial charge in [0.25, 0.3) is 0 Å². The summed E-state index contributed by atoms with van der Waals surface area (Å²) in [6, 6.07) is 4.94. The second-order valence-electron chi connectivity index (χ2n) is 3.53. The van der Waals surface area contributed by atoms with E-state index in [9.17, 15) is 8.42 Å². The third-order valence-electron chi connectivity index (χ3n) is 2.66. The Hall–Kier alpha value is -1.07. The van der Waals surface area contributed by atoms with Crippen LogP contribution in [0.5, 0.6) is 5.75 Å². The number of nitrogens with one attached hydrogen (secondary N) is 1. The van der Waals surface area contributed by atoms with E-state index in [2.05, 4.69) is 5.32 Å². The molecule has 0 aliphatic carbocycles. The van der Waals surface area contributed by atoms with E-state index in [1.807, 2.05) is 0 Å². The minimum absolute atomic E-state index is 0.125. The van der Waals surface area contributed by atoms with Crippen molar-refractivity contribution in [2.75, 3.05) is 19.9 Å².